The van der Waals surface area contributed by atoms with Gasteiger partial charge in [-0.25, -0.2) is 4.79 Å². The number of amides is 1. The third-order valence-electron chi connectivity index (χ3n) is 5.89. The van der Waals surface area contributed by atoms with Gasteiger partial charge in [0.2, 0.25) is 5.91 Å². The lowest BCUT2D eigenvalue weighted by molar-refractivity contribution is -0.115. The zero-order valence-electron chi connectivity index (χ0n) is 20.5. The summed E-state index contributed by atoms with van der Waals surface area (Å²) in [4.78, 5) is 42.2. The molecule has 190 valence electrons. The van der Waals surface area contributed by atoms with Gasteiger partial charge in [-0.2, -0.15) is 0 Å². The van der Waals surface area contributed by atoms with Crippen LogP contribution in [0.1, 0.15) is 5.56 Å². The van der Waals surface area contributed by atoms with Crippen LogP contribution < -0.4 is 27.2 Å². The van der Waals surface area contributed by atoms with Crippen LogP contribution in [-0.2, 0) is 16.1 Å². The Labute approximate surface area is 214 Å². The minimum absolute atomic E-state index is 0.0197. The average Bonchev–Trinajstić information content (AvgIpc) is 2.91. The third kappa shape index (κ3) is 6.33. The maximum atomic E-state index is 13.0. The Morgan fingerprint density at radius 3 is 2.22 bits per heavy atom. The highest BCUT2D eigenvalue weighted by molar-refractivity contribution is 5.94. The molecule has 9 nitrogen and oxygen atoms in total. The summed E-state index contributed by atoms with van der Waals surface area (Å²) in [7, 11) is 1.52. The van der Waals surface area contributed by atoms with E-state index in [1.807, 2.05) is 84.9 Å². The predicted molar refractivity (Wildman–Crippen MR) is 146 cm³/mol. The molecule has 0 fully saturated rings. The number of anilines is 3. The highest BCUT2D eigenvalue weighted by Gasteiger charge is 2.21. The van der Waals surface area contributed by atoms with Gasteiger partial charge < -0.3 is 20.7 Å². The monoisotopic (exact) mass is 499 g/mol. The molecule has 0 aliphatic heterocycles. The Hall–Kier alpha value is -4.63. The lowest BCUT2D eigenvalue weighted by Gasteiger charge is -2.25. The van der Waals surface area contributed by atoms with Crippen molar-refractivity contribution in [2.75, 3.05) is 42.8 Å². The number of H-pyrrole nitrogens is 1. The molecule has 0 atom stereocenters. The van der Waals surface area contributed by atoms with E-state index in [0.29, 0.717) is 5.69 Å². The van der Waals surface area contributed by atoms with Crippen molar-refractivity contribution >= 4 is 23.1 Å². The quantitative estimate of drug-likeness (QED) is 0.308. The second kappa shape index (κ2) is 11.9. The van der Waals surface area contributed by atoms with E-state index in [2.05, 4.69) is 10.3 Å². The van der Waals surface area contributed by atoms with Gasteiger partial charge in [-0.05, 0) is 28.8 Å². The Kier molecular flexibility index (Phi) is 8.17. The summed E-state index contributed by atoms with van der Waals surface area (Å²) in [5.74, 6) is -0.364. The first-order valence-electron chi connectivity index (χ1n) is 11.8. The number of aromatic amines is 1. The van der Waals surface area contributed by atoms with E-state index in [4.69, 9.17) is 10.5 Å². The molecular weight excluding hydrogens is 470 g/mol. The van der Waals surface area contributed by atoms with E-state index in [1.165, 1.54) is 16.6 Å². The van der Waals surface area contributed by atoms with E-state index in [0.717, 1.165) is 16.7 Å². The molecule has 1 amide bonds. The number of rotatable bonds is 10. The van der Waals surface area contributed by atoms with Crippen LogP contribution in [0.2, 0.25) is 0 Å². The average molecular weight is 500 g/mol. The van der Waals surface area contributed by atoms with Crippen molar-refractivity contribution in [2.45, 2.75) is 6.54 Å². The van der Waals surface area contributed by atoms with Crippen molar-refractivity contribution in [3.8, 4) is 11.1 Å². The highest BCUT2D eigenvalue weighted by atomic mass is 16.5. The van der Waals surface area contributed by atoms with Crippen LogP contribution in [0.15, 0.2) is 94.5 Å². The second-order valence-corrected chi connectivity index (χ2v) is 8.47. The molecule has 0 saturated heterocycles. The van der Waals surface area contributed by atoms with E-state index in [9.17, 15) is 14.4 Å². The Balaban J connectivity index is 1.55. The van der Waals surface area contributed by atoms with Crippen LogP contribution in [0, 0.1) is 0 Å². The standard InChI is InChI=1S/C28H29N5O4/c1-37-17-16-32(19-24(34)30-23-14-12-22(13-15-23)21-10-6-3-7-11-21)25-26(29)33(28(36)31-27(25)35)18-20-8-4-2-5-9-20/h2-15H,16-19,29H2,1H3,(H,30,34)(H,31,35,36). The molecule has 0 aliphatic rings. The van der Waals surface area contributed by atoms with Gasteiger partial charge in [0.15, 0.2) is 0 Å². The summed E-state index contributed by atoms with van der Waals surface area (Å²) >= 11 is 0. The zero-order valence-corrected chi connectivity index (χ0v) is 20.5. The van der Waals surface area contributed by atoms with Gasteiger partial charge in [0.25, 0.3) is 5.56 Å². The smallest absolute Gasteiger partial charge is 0.330 e. The molecule has 4 N–H and O–H groups in total. The zero-order chi connectivity index (χ0) is 26.2. The third-order valence-corrected chi connectivity index (χ3v) is 5.89. The molecular formula is C28H29N5O4. The largest absolute Gasteiger partial charge is 0.383 e. The maximum Gasteiger partial charge on any atom is 0.330 e. The van der Waals surface area contributed by atoms with Crippen molar-refractivity contribution in [3.63, 3.8) is 0 Å². The Morgan fingerprint density at radius 2 is 1.57 bits per heavy atom. The number of nitrogens with one attached hydrogen (secondary N) is 2. The molecule has 37 heavy (non-hydrogen) atoms. The molecule has 0 radical (unpaired) electrons. The molecule has 4 aromatic rings. The van der Waals surface area contributed by atoms with Crippen LogP contribution in [0.25, 0.3) is 11.1 Å². The first kappa shape index (κ1) is 25.5. The van der Waals surface area contributed by atoms with Crippen LogP contribution in [0.5, 0.6) is 0 Å². The van der Waals surface area contributed by atoms with Gasteiger partial charge in [-0.3, -0.25) is 19.1 Å². The number of aromatic nitrogens is 2. The molecule has 0 spiro atoms. The van der Waals surface area contributed by atoms with Crippen LogP contribution in [0.3, 0.4) is 0 Å². The van der Waals surface area contributed by atoms with Gasteiger partial charge in [0, 0.05) is 19.3 Å². The first-order chi connectivity index (χ1) is 18.0. The molecule has 0 saturated carbocycles. The molecule has 4 rings (SSSR count). The molecule has 3 aromatic carbocycles. The van der Waals surface area contributed by atoms with Crippen molar-refractivity contribution in [3.05, 3.63) is 111 Å². The van der Waals surface area contributed by atoms with Gasteiger partial charge >= 0.3 is 5.69 Å². The fraction of sp³-hybridized carbons (Fsp3) is 0.179. The summed E-state index contributed by atoms with van der Waals surface area (Å²) in [5, 5.41) is 2.86. The summed E-state index contributed by atoms with van der Waals surface area (Å²) in [5.41, 5.74) is 8.66. The van der Waals surface area contributed by atoms with Crippen LogP contribution >= 0.6 is 0 Å². The fourth-order valence-electron chi connectivity index (χ4n) is 4.03. The van der Waals surface area contributed by atoms with Crippen LogP contribution in [0.4, 0.5) is 17.2 Å². The van der Waals surface area contributed by atoms with Crippen molar-refractivity contribution in [1.82, 2.24) is 9.55 Å². The van der Waals surface area contributed by atoms with E-state index >= 15 is 0 Å². The first-order valence-corrected chi connectivity index (χ1v) is 11.8. The molecule has 0 aliphatic carbocycles. The molecule has 0 unspecified atom stereocenters. The summed E-state index contributed by atoms with van der Waals surface area (Å²) in [6, 6.07) is 26.7. The maximum absolute atomic E-state index is 13.0. The number of hydrogen-bond acceptors (Lipinski definition) is 6. The molecule has 9 heteroatoms. The lowest BCUT2D eigenvalue weighted by Crippen LogP contribution is -2.42. The number of nitrogens with zero attached hydrogens (tertiary/aromatic N) is 2. The predicted octanol–water partition coefficient (Wildman–Crippen LogP) is 2.93. The summed E-state index contributed by atoms with van der Waals surface area (Å²) in [6.45, 7) is 0.470. The highest BCUT2D eigenvalue weighted by Crippen LogP contribution is 2.22. The summed E-state index contributed by atoms with van der Waals surface area (Å²) < 4.78 is 6.47. The number of ether oxygens (including phenoxy) is 1. The van der Waals surface area contributed by atoms with Gasteiger partial charge in [-0.15, -0.1) is 0 Å². The second-order valence-electron chi connectivity index (χ2n) is 8.47. The number of carbonyl (C=O) groups excluding carboxylic acids is 1. The van der Waals surface area contributed by atoms with E-state index in [-0.39, 0.29) is 43.7 Å². The molecule has 1 heterocycles. The Bertz CT molecular complexity index is 1450. The van der Waals surface area contributed by atoms with Crippen molar-refractivity contribution in [2.24, 2.45) is 0 Å². The number of nitrogen functional groups attached to an aromatic ring is 1. The van der Waals surface area contributed by atoms with Gasteiger partial charge in [0.05, 0.1) is 19.7 Å². The number of benzene rings is 3. The number of methoxy groups -OCH3 is 1. The number of carbonyl (C=O) groups is 1. The van der Waals surface area contributed by atoms with Crippen molar-refractivity contribution < 1.29 is 9.53 Å². The van der Waals surface area contributed by atoms with Crippen LogP contribution in [-0.4, -0.2) is 42.3 Å². The fourth-order valence-corrected chi connectivity index (χ4v) is 4.03. The van der Waals surface area contributed by atoms with E-state index < -0.39 is 11.2 Å². The molecule has 1 aromatic heterocycles. The number of nitrogens with two attached hydrogens (primary N) is 1. The SMILES string of the molecule is COCCN(CC(=O)Nc1ccc(-c2ccccc2)cc1)c1c(N)n(Cc2ccccc2)c(=O)[nH]c1=O. The minimum atomic E-state index is -0.664. The lowest BCUT2D eigenvalue weighted by atomic mass is 10.1. The minimum Gasteiger partial charge on any atom is -0.383 e. The summed E-state index contributed by atoms with van der Waals surface area (Å²) in [6.07, 6.45) is 0. The Morgan fingerprint density at radius 1 is 0.946 bits per heavy atom. The normalized spacial score (nSPS) is 10.7. The molecule has 0 bridgehead atoms. The van der Waals surface area contributed by atoms with Gasteiger partial charge in [0.1, 0.15) is 11.5 Å². The van der Waals surface area contributed by atoms with Gasteiger partial charge in [-0.1, -0.05) is 72.8 Å². The van der Waals surface area contributed by atoms with E-state index in [1.54, 1.807) is 0 Å². The number of hydrogen-bond donors (Lipinski definition) is 3. The topological polar surface area (TPSA) is 122 Å². The van der Waals surface area contributed by atoms with Crippen molar-refractivity contribution in [1.29, 1.82) is 0 Å².